The van der Waals surface area contributed by atoms with Gasteiger partial charge in [-0.3, -0.25) is 0 Å². The van der Waals surface area contributed by atoms with Crippen LogP contribution in [-0.2, 0) is 0 Å². The highest BCUT2D eigenvalue weighted by molar-refractivity contribution is 5.33. The van der Waals surface area contributed by atoms with Crippen LogP contribution in [0.3, 0.4) is 0 Å². The molecule has 0 aliphatic heterocycles. The third-order valence-electron chi connectivity index (χ3n) is 6.17. The van der Waals surface area contributed by atoms with Crippen molar-refractivity contribution in [1.29, 1.82) is 0 Å². The van der Waals surface area contributed by atoms with Crippen molar-refractivity contribution in [1.82, 2.24) is 0 Å². The predicted molar refractivity (Wildman–Crippen MR) is 67.9 cm³/mol. The molecule has 2 saturated carbocycles. The second-order valence-corrected chi connectivity index (χ2v) is 7.39. The summed E-state index contributed by atoms with van der Waals surface area (Å²) in [6.07, 6.45) is 5.33. The first kappa shape index (κ1) is 10.8. The lowest BCUT2D eigenvalue weighted by molar-refractivity contribution is -0.0107. The third kappa shape index (κ3) is 1.11. The molecule has 0 aromatic carbocycles. The first-order valence-electron chi connectivity index (χ1n) is 6.80. The van der Waals surface area contributed by atoms with Gasteiger partial charge in [0.05, 0.1) is 0 Å². The number of nitrogens with two attached hydrogens (primary N) is 1. The molecule has 90 valence electrons. The van der Waals surface area contributed by atoms with Gasteiger partial charge in [0.25, 0.3) is 0 Å². The summed E-state index contributed by atoms with van der Waals surface area (Å²) in [6.45, 7) is 10.6. The maximum absolute atomic E-state index is 5.91. The number of fused-ring (bicyclic) bond motifs is 1. The molecule has 0 heterocycles. The van der Waals surface area contributed by atoms with Gasteiger partial charge in [0.15, 0.2) is 0 Å². The second kappa shape index (κ2) is 2.93. The molecular formula is C15H25N. The minimum Gasteiger partial charge on any atom is -0.330 e. The molecule has 0 aromatic heterocycles. The zero-order chi connectivity index (χ0) is 11.7. The maximum Gasteiger partial charge on any atom is -0.00376 e. The average Bonchev–Trinajstić information content (AvgIpc) is 2.80. The van der Waals surface area contributed by atoms with Crippen LogP contribution >= 0.6 is 0 Å². The zero-order valence-electron chi connectivity index (χ0n) is 11.1. The van der Waals surface area contributed by atoms with E-state index in [9.17, 15) is 0 Å². The molecule has 2 N–H and O–H groups in total. The Morgan fingerprint density at radius 1 is 1.25 bits per heavy atom. The molecule has 0 amide bonds. The summed E-state index contributed by atoms with van der Waals surface area (Å²) in [5.74, 6) is 3.36. The van der Waals surface area contributed by atoms with Gasteiger partial charge in [0.2, 0.25) is 0 Å². The van der Waals surface area contributed by atoms with Crippen LogP contribution in [0.25, 0.3) is 0 Å². The Hall–Kier alpha value is -0.300. The molecular weight excluding hydrogens is 194 g/mol. The van der Waals surface area contributed by atoms with Crippen LogP contribution in [0.5, 0.6) is 0 Å². The highest BCUT2D eigenvalue weighted by Gasteiger charge is 2.63. The van der Waals surface area contributed by atoms with Crippen molar-refractivity contribution in [2.24, 2.45) is 40.2 Å². The molecule has 0 aromatic rings. The third-order valence-corrected chi connectivity index (χ3v) is 6.17. The Kier molecular flexibility index (Phi) is 1.98. The summed E-state index contributed by atoms with van der Waals surface area (Å²) in [7, 11) is 0. The summed E-state index contributed by atoms with van der Waals surface area (Å²) in [4.78, 5) is 0. The highest BCUT2D eigenvalue weighted by Crippen LogP contribution is 2.69. The van der Waals surface area contributed by atoms with Gasteiger partial charge in [-0.25, -0.2) is 0 Å². The topological polar surface area (TPSA) is 26.0 Å². The molecule has 4 aliphatic rings. The molecule has 4 aliphatic carbocycles. The van der Waals surface area contributed by atoms with E-state index in [0.29, 0.717) is 10.8 Å². The Labute approximate surface area is 99.5 Å². The SMILES string of the molecule is CC1(C)C2CC=C([C@@H]3[C@@H](CN)C3(C)C)C1C2. The van der Waals surface area contributed by atoms with Gasteiger partial charge in [-0.1, -0.05) is 39.3 Å². The summed E-state index contributed by atoms with van der Waals surface area (Å²) >= 11 is 0. The molecule has 2 fully saturated rings. The van der Waals surface area contributed by atoms with Gasteiger partial charge in [-0.15, -0.1) is 0 Å². The quantitative estimate of drug-likeness (QED) is 0.709. The summed E-state index contributed by atoms with van der Waals surface area (Å²) in [5, 5.41) is 0. The van der Waals surface area contributed by atoms with Crippen LogP contribution < -0.4 is 5.73 Å². The first-order chi connectivity index (χ1) is 7.40. The monoisotopic (exact) mass is 219 g/mol. The molecule has 1 heteroatoms. The number of allylic oxidation sites excluding steroid dienone is 2. The van der Waals surface area contributed by atoms with E-state index >= 15 is 0 Å². The van der Waals surface area contributed by atoms with Gasteiger partial charge in [0.1, 0.15) is 0 Å². The van der Waals surface area contributed by atoms with E-state index < -0.39 is 0 Å². The van der Waals surface area contributed by atoms with Gasteiger partial charge < -0.3 is 5.73 Å². The minimum absolute atomic E-state index is 0.471. The Morgan fingerprint density at radius 3 is 2.38 bits per heavy atom. The van der Waals surface area contributed by atoms with Crippen molar-refractivity contribution in [3.05, 3.63) is 11.6 Å². The van der Waals surface area contributed by atoms with Crippen LogP contribution in [0.1, 0.15) is 40.5 Å². The summed E-state index contributed by atoms with van der Waals surface area (Å²) < 4.78 is 0. The van der Waals surface area contributed by atoms with Gasteiger partial charge >= 0.3 is 0 Å². The van der Waals surface area contributed by atoms with Crippen LogP contribution in [-0.4, -0.2) is 6.54 Å². The van der Waals surface area contributed by atoms with E-state index in [-0.39, 0.29) is 0 Å². The minimum atomic E-state index is 0.471. The van der Waals surface area contributed by atoms with E-state index in [1.54, 1.807) is 5.57 Å². The standard InChI is InChI=1S/C15H25N/c1-14(2)9-5-6-10(11(14)7-9)13-12(8-16)15(13,3)4/h6,9,11-13H,5,7-8,16H2,1-4H3/t9?,11?,12-,13-/m1/s1. The average molecular weight is 219 g/mol. The van der Waals surface area contributed by atoms with Crippen molar-refractivity contribution in [3.8, 4) is 0 Å². The molecule has 4 rings (SSSR count). The molecule has 4 atom stereocenters. The summed E-state index contributed by atoms with van der Waals surface area (Å²) in [5.41, 5.74) is 8.72. The largest absolute Gasteiger partial charge is 0.330 e. The fourth-order valence-electron chi connectivity index (χ4n) is 4.59. The normalized spacial score (nSPS) is 46.9. The molecule has 2 unspecified atom stereocenters. The Bertz CT molecular complexity index is 350. The molecule has 2 bridgehead atoms. The predicted octanol–water partition coefficient (Wildman–Crippen LogP) is 3.21. The fourth-order valence-corrected chi connectivity index (χ4v) is 4.59. The van der Waals surface area contributed by atoms with Crippen molar-refractivity contribution in [2.75, 3.05) is 6.54 Å². The van der Waals surface area contributed by atoms with Crippen molar-refractivity contribution >= 4 is 0 Å². The highest BCUT2D eigenvalue weighted by atomic mass is 14.7. The number of hydrogen-bond acceptors (Lipinski definition) is 1. The smallest absolute Gasteiger partial charge is 0.00376 e. The van der Waals surface area contributed by atoms with Crippen LogP contribution in [0, 0.1) is 34.5 Å². The van der Waals surface area contributed by atoms with E-state index in [1.165, 1.54) is 12.8 Å². The van der Waals surface area contributed by atoms with Gasteiger partial charge in [-0.05, 0) is 53.9 Å². The lowest BCUT2D eigenvalue weighted by atomic mass is 9.48. The van der Waals surface area contributed by atoms with E-state index in [2.05, 4.69) is 33.8 Å². The first-order valence-corrected chi connectivity index (χ1v) is 6.80. The zero-order valence-corrected chi connectivity index (χ0v) is 11.1. The van der Waals surface area contributed by atoms with E-state index in [4.69, 9.17) is 5.73 Å². The van der Waals surface area contributed by atoms with Crippen LogP contribution in [0.2, 0.25) is 0 Å². The molecule has 1 nitrogen and oxygen atoms in total. The Morgan fingerprint density at radius 2 is 1.94 bits per heavy atom. The van der Waals surface area contributed by atoms with Gasteiger partial charge in [-0.2, -0.15) is 0 Å². The van der Waals surface area contributed by atoms with Crippen molar-refractivity contribution in [2.45, 2.75) is 40.5 Å². The number of rotatable bonds is 2. The van der Waals surface area contributed by atoms with Crippen LogP contribution in [0.15, 0.2) is 11.6 Å². The fraction of sp³-hybridized carbons (Fsp3) is 0.867. The molecule has 0 spiro atoms. The molecule has 0 radical (unpaired) electrons. The van der Waals surface area contributed by atoms with E-state index in [0.717, 1.165) is 30.2 Å². The lowest BCUT2D eigenvalue weighted by Gasteiger charge is -2.57. The summed E-state index contributed by atoms with van der Waals surface area (Å²) in [6, 6.07) is 0. The lowest BCUT2D eigenvalue weighted by Crippen LogP contribution is -2.48. The molecule has 16 heavy (non-hydrogen) atoms. The van der Waals surface area contributed by atoms with Crippen LogP contribution in [0.4, 0.5) is 0 Å². The second-order valence-electron chi connectivity index (χ2n) is 7.39. The Balaban J connectivity index is 1.85. The van der Waals surface area contributed by atoms with Gasteiger partial charge in [0, 0.05) is 0 Å². The molecule has 0 saturated heterocycles. The van der Waals surface area contributed by atoms with Crippen molar-refractivity contribution in [3.63, 3.8) is 0 Å². The van der Waals surface area contributed by atoms with Crippen molar-refractivity contribution < 1.29 is 0 Å². The maximum atomic E-state index is 5.91. The van der Waals surface area contributed by atoms with E-state index in [1.807, 2.05) is 0 Å². The number of hydrogen-bond donors (Lipinski definition) is 1.